The number of halogens is 1. The lowest BCUT2D eigenvalue weighted by atomic mass is 10.2. The molecule has 0 atom stereocenters. The summed E-state index contributed by atoms with van der Waals surface area (Å²) in [5, 5.41) is 7.25. The van der Waals surface area contributed by atoms with Crippen molar-refractivity contribution >= 4 is 34.9 Å². The van der Waals surface area contributed by atoms with Crippen molar-refractivity contribution in [3.8, 4) is 5.13 Å². The van der Waals surface area contributed by atoms with Crippen LogP contribution in [-0.4, -0.2) is 28.2 Å². The van der Waals surface area contributed by atoms with Gasteiger partial charge in [-0.05, 0) is 37.6 Å². The number of aromatic nitrogens is 2. The van der Waals surface area contributed by atoms with Gasteiger partial charge in [-0.25, -0.2) is 4.98 Å². The van der Waals surface area contributed by atoms with Crippen molar-refractivity contribution in [3.05, 3.63) is 69.4 Å². The fourth-order valence-electron chi connectivity index (χ4n) is 2.49. The molecule has 7 heteroatoms. The number of nitrogens with zero attached hydrogens (tertiary/aromatic N) is 3. The van der Waals surface area contributed by atoms with Crippen molar-refractivity contribution < 1.29 is 9.63 Å². The Balaban J connectivity index is 1.66. The minimum Gasteiger partial charge on any atom is -0.387 e. The highest BCUT2D eigenvalue weighted by atomic mass is 35.5. The van der Waals surface area contributed by atoms with E-state index < -0.39 is 0 Å². The van der Waals surface area contributed by atoms with Crippen molar-refractivity contribution in [3.63, 3.8) is 0 Å². The van der Waals surface area contributed by atoms with Crippen LogP contribution in [0.1, 0.15) is 27.3 Å². The van der Waals surface area contributed by atoms with E-state index >= 15 is 0 Å². The van der Waals surface area contributed by atoms with E-state index in [0.717, 1.165) is 22.1 Å². The molecule has 3 aromatic rings. The van der Waals surface area contributed by atoms with Gasteiger partial charge in [0.2, 0.25) is 5.78 Å². The van der Waals surface area contributed by atoms with Gasteiger partial charge in [-0.15, -0.1) is 11.3 Å². The van der Waals surface area contributed by atoms with Crippen LogP contribution in [0, 0.1) is 13.8 Å². The van der Waals surface area contributed by atoms with Crippen LogP contribution in [0.2, 0.25) is 5.02 Å². The van der Waals surface area contributed by atoms with Gasteiger partial charge in [0.05, 0.1) is 6.21 Å². The second-order valence-corrected chi connectivity index (χ2v) is 6.73. The van der Waals surface area contributed by atoms with E-state index in [9.17, 15) is 4.79 Å². The number of benzene rings is 1. The maximum Gasteiger partial charge on any atom is 0.204 e. The fourth-order valence-corrected chi connectivity index (χ4v) is 3.36. The Kier molecular flexibility index (Phi) is 5.31. The Hall–Kier alpha value is -2.44. The quantitative estimate of drug-likeness (QED) is 0.364. The molecule has 0 amide bonds. The van der Waals surface area contributed by atoms with Gasteiger partial charge in [-0.1, -0.05) is 28.9 Å². The molecule has 5 nitrogen and oxygen atoms in total. The minimum atomic E-state index is -0.121. The number of hydrogen-bond acceptors (Lipinski definition) is 5. The number of ketones is 1. The predicted molar refractivity (Wildman–Crippen MR) is 100 cm³/mol. The van der Waals surface area contributed by atoms with E-state index in [2.05, 4.69) is 10.1 Å². The fraction of sp³-hybridized carbons (Fsp3) is 0.167. The maximum atomic E-state index is 12.4. The number of oxime groups is 1. The molecule has 3 rings (SSSR count). The average molecular weight is 374 g/mol. The van der Waals surface area contributed by atoms with E-state index in [-0.39, 0.29) is 12.4 Å². The first kappa shape index (κ1) is 17.4. The number of carbonyl (C=O) groups is 1. The molecule has 0 saturated heterocycles. The van der Waals surface area contributed by atoms with Crippen molar-refractivity contribution in [2.24, 2.45) is 5.16 Å². The van der Waals surface area contributed by atoms with Crippen LogP contribution >= 0.6 is 22.9 Å². The molecule has 0 radical (unpaired) electrons. The molecule has 0 spiro atoms. The first-order valence-electron chi connectivity index (χ1n) is 7.59. The van der Waals surface area contributed by atoms with E-state index in [1.807, 2.05) is 42.0 Å². The predicted octanol–water partition coefficient (Wildman–Crippen LogP) is 4.44. The van der Waals surface area contributed by atoms with E-state index in [1.165, 1.54) is 11.3 Å². The summed E-state index contributed by atoms with van der Waals surface area (Å²) in [6, 6.07) is 9.02. The topological polar surface area (TPSA) is 56.5 Å². The largest absolute Gasteiger partial charge is 0.387 e. The summed E-state index contributed by atoms with van der Waals surface area (Å²) in [7, 11) is 0. The molecule has 0 unspecified atom stereocenters. The van der Waals surface area contributed by atoms with E-state index in [0.29, 0.717) is 10.6 Å². The lowest BCUT2D eigenvalue weighted by Gasteiger charge is -2.05. The zero-order valence-electron chi connectivity index (χ0n) is 13.8. The number of thiazole rings is 1. The molecule has 0 saturated carbocycles. The number of hydrogen-bond donors (Lipinski definition) is 0. The first-order valence-corrected chi connectivity index (χ1v) is 8.85. The van der Waals surface area contributed by atoms with Crippen molar-refractivity contribution in [1.82, 2.24) is 9.55 Å². The van der Waals surface area contributed by atoms with Gasteiger partial charge in [0.1, 0.15) is 0 Å². The zero-order valence-corrected chi connectivity index (χ0v) is 15.3. The van der Waals surface area contributed by atoms with Crippen LogP contribution < -0.4 is 0 Å². The molecule has 128 valence electrons. The zero-order chi connectivity index (χ0) is 17.8. The Morgan fingerprint density at radius 3 is 2.80 bits per heavy atom. The smallest absolute Gasteiger partial charge is 0.204 e. The van der Waals surface area contributed by atoms with E-state index in [1.54, 1.807) is 24.5 Å². The summed E-state index contributed by atoms with van der Waals surface area (Å²) in [5.74, 6) is -0.121. The van der Waals surface area contributed by atoms with Crippen LogP contribution in [0.15, 0.2) is 47.1 Å². The average Bonchev–Trinajstić information content (AvgIpc) is 3.21. The molecule has 0 aliphatic carbocycles. The van der Waals surface area contributed by atoms with Crippen LogP contribution in [0.3, 0.4) is 0 Å². The van der Waals surface area contributed by atoms with Crippen molar-refractivity contribution in [1.29, 1.82) is 0 Å². The Morgan fingerprint density at radius 2 is 2.12 bits per heavy atom. The lowest BCUT2D eigenvalue weighted by molar-refractivity contribution is 0.0778. The van der Waals surface area contributed by atoms with Crippen LogP contribution in [0.5, 0.6) is 0 Å². The molecule has 25 heavy (non-hydrogen) atoms. The minimum absolute atomic E-state index is 0.119. The van der Waals surface area contributed by atoms with Gasteiger partial charge in [-0.2, -0.15) is 0 Å². The molecular weight excluding hydrogens is 358 g/mol. The summed E-state index contributed by atoms with van der Waals surface area (Å²) in [6.07, 6.45) is 3.29. The summed E-state index contributed by atoms with van der Waals surface area (Å²) in [6.45, 7) is 3.73. The monoisotopic (exact) mass is 373 g/mol. The number of carbonyl (C=O) groups excluding carboxylic acids is 1. The molecule has 0 N–H and O–H groups in total. The van der Waals surface area contributed by atoms with Gasteiger partial charge in [0.15, 0.2) is 11.7 Å². The first-order chi connectivity index (χ1) is 12.1. The lowest BCUT2D eigenvalue weighted by Crippen LogP contribution is -2.08. The highest BCUT2D eigenvalue weighted by Crippen LogP contribution is 2.22. The highest BCUT2D eigenvalue weighted by Gasteiger charge is 2.18. The number of aryl methyl sites for hydroxylation is 1. The standard InChI is InChI=1S/C18H16ClN3O2S/c1-12-9-16(13(2)22(12)18-20-7-8-25-18)17(23)11-24-21-10-14-3-5-15(19)6-4-14/h3-10H,11H2,1-2H3/b21-10+. The van der Waals surface area contributed by atoms with Crippen LogP contribution in [0.4, 0.5) is 0 Å². The Morgan fingerprint density at radius 1 is 1.36 bits per heavy atom. The van der Waals surface area contributed by atoms with Gasteiger partial charge in [-0.3, -0.25) is 9.36 Å². The molecular formula is C18H16ClN3O2S. The van der Waals surface area contributed by atoms with E-state index in [4.69, 9.17) is 16.4 Å². The maximum absolute atomic E-state index is 12.4. The molecule has 0 aliphatic rings. The van der Waals surface area contributed by atoms with Crippen LogP contribution in [-0.2, 0) is 4.84 Å². The normalized spacial score (nSPS) is 11.2. The third-order valence-corrected chi connectivity index (χ3v) is 4.69. The Bertz CT molecular complexity index is 899. The van der Waals surface area contributed by atoms with Gasteiger partial charge in [0.25, 0.3) is 0 Å². The van der Waals surface area contributed by atoms with Crippen molar-refractivity contribution in [2.75, 3.05) is 6.61 Å². The molecule has 2 heterocycles. The Labute approximate surface area is 154 Å². The van der Waals surface area contributed by atoms with Crippen molar-refractivity contribution in [2.45, 2.75) is 13.8 Å². The van der Waals surface area contributed by atoms with Gasteiger partial charge in [0, 0.05) is 33.6 Å². The summed E-state index contributed by atoms with van der Waals surface area (Å²) >= 11 is 7.35. The number of Topliss-reactive ketones (excluding diaryl/α,β-unsaturated/α-hetero) is 1. The van der Waals surface area contributed by atoms with Gasteiger partial charge >= 0.3 is 0 Å². The number of rotatable bonds is 6. The summed E-state index contributed by atoms with van der Waals surface area (Å²) in [4.78, 5) is 21.9. The van der Waals surface area contributed by atoms with Crippen LogP contribution in [0.25, 0.3) is 5.13 Å². The summed E-state index contributed by atoms with van der Waals surface area (Å²) < 4.78 is 1.97. The molecule has 1 aromatic carbocycles. The highest BCUT2D eigenvalue weighted by molar-refractivity contribution is 7.12. The molecule has 2 aromatic heterocycles. The molecule has 0 fully saturated rings. The SMILES string of the molecule is Cc1cc(C(=O)CO/N=C/c2ccc(Cl)cc2)c(C)n1-c1nccs1. The molecule has 0 bridgehead atoms. The van der Waals surface area contributed by atoms with Gasteiger partial charge < -0.3 is 4.84 Å². The summed E-state index contributed by atoms with van der Waals surface area (Å²) in [5.41, 5.74) is 3.27. The second-order valence-electron chi connectivity index (χ2n) is 5.42. The molecule has 0 aliphatic heterocycles. The third kappa shape index (κ3) is 3.97. The third-order valence-electron chi connectivity index (χ3n) is 3.68. The second kappa shape index (κ2) is 7.63.